The molecule has 0 unspecified atom stereocenters. The fourth-order valence-electron chi connectivity index (χ4n) is 3.37. The van der Waals surface area contributed by atoms with Crippen LogP contribution < -0.4 is 9.46 Å². The Bertz CT molecular complexity index is 1250. The van der Waals surface area contributed by atoms with Crippen LogP contribution in [-0.4, -0.2) is 101 Å². The van der Waals surface area contributed by atoms with Gasteiger partial charge in [0, 0.05) is 13.7 Å². The van der Waals surface area contributed by atoms with Crippen molar-refractivity contribution in [1.29, 1.82) is 0 Å². The first kappa shape index (κ1) is 37.4. The lowest BCUT2D eigenvalue weighted by Gasteiger charge is -2.11. The van der Waals surface area contributed by atoms with Crippen molar-refractivity contribution >= 4 is 21.9 Å². The minimum absolute atomic E-state index is 0.0292. The summed E-state index contributed by atoms with van der Waals surface area (Å²) in [6.07, 6.45) is 1.37. The molecular weight excluding hydrogens is 604 g/mol. The van der Waals surface area contributed by atoms with Crippen LogP contribution in [0.1, 0.15) is 19.4 Å². The van der Waals surface area contributed by atoms with E-state index < -0.39 is 27.4 Å². The van der Waals surface area contributed by atoms with Crippen LogP contribution in [-0.2, 0) is 43.2 Å². The van der Waals surface area contributed by atoms with Crippen molar-refractivity contribution in [2.45, 2.75) is 18.7 Å². The van der Waals surface area contributed by atoms with E-state index in [2.05, 4.69) is 4.72 Å². The first-order valence-corrected chi connectivity index (χ1v) is 15.5. The number of ketones is 1. The molecule has 0 amide bonds. The summed E-state index contributed by atoms with van der Waals surface area (Å²) in [5, 5.41) is 0. The monoisotopic (exact) mass is 645 g/mol. The molecule has 0 saturated heterocycles. The Morgan fingerprint density at radius 2 is 1.20 bits per heavy atom. The Labute approximate surface area is 257 Å². The van der Waals surface area contributed by atoms with E-state index in [1.807, 2.05) is 0 Å². The van der Waals surface area contributed by atoms with Gasteiger partial charge in [-0.25, -0.2) is 21.9 Å². The number of ether oxygens (including phenoxy) is 7. The van der Waals surface area contributed by atoms with Crippen LogP contribution in [0.25, 0.3) is 6.08 Å². The van der Waals surface area contributed by atoms with E-state index in [-0.39, 0.29) is 41.8 Å². The van der Waals surface area contributed by atoms with Gasteiger partial charge in [0.2, 0.25) is 10.0 Å². The second-order valence-corrected chi connectivity index (χ2v) is 11.0. The minimum Gasteiger partial charge on any atom is -0.451 e. The highest BCUT2D eigenvalue weighted by Gasteiger charge is 2.16. The highest BCUT2D eigenvalue weighted by atomic mass is 32.2. The summed E-state index contributed by atoms with van der Waals surface area (Å²) in [6.45, 7) is 7.44. The summed E-state index contributed by atoms with van der Waals surface area (Å²) in [5.74, 6) is -2.77. The number of benzene rings is 2. The van der Waals surface area contributed by atoms with Crippen LogP contribution >= 0.6 is 0 Å². The third-order valence-electron chi connectivity index (χ3n) is 5.77. The lowest BCUT2D eigenvalue weighted by molar-refractivity contribution is -0.113. The number of nitrogens with one attached hydrogen (secondary N) is 1. The Kier molecular flexibility index (Phi) is 17.8. The molecule has 0 aliphatic heterocycles. The van der Waals surface area contributed by atoms with Crippen molar-refractivity contribution in [1.82, 2.24) is 4.72 Å². The lowest BCUT2D eigenvalue weighted by atomic mass is 10.1. The topological polar surface area (TPSA) is 128 Å². The van der Waals surface area contributed by atoms with Gasteiger partial charge in [-0.1, -0.05) is 0 Å². The van der Waals surface area contributed by atoms with Gasteiger partial charge in [0.15, 0.2) is 23.2 Å². The summed E-state index contributed by atoms with van der Waals surface area (Å²) >= 11 is 0. The number of halogens is 2. The second-order valence-electron chi connectivity index (χ2n) is 9.22. The molecule has 2 aromatic carbocycles. The molecule has 0 aromatic heterocycles. The van der Waals surface area contributed by atoms with Crippen LogP contribution in [0.3, 0.4) is 0 Å². The molecule has 0 aliphatic rings. The van der Waals surface area contributed by atoms with Gasteiger partial charge < -0.3 is 33.2 Å². The van der Waals surface area contributed by atoms with Gasteiger partial charge in [-0.15, -0.1) is 0 Å². The van der Waals surface area contributed by atoms with Gasteiger partial charge in [0.25, 0.3) is 0 Å². The summed E-state index contributed by atoms with van der Waals surface area (Å²) in [4.78, 5) is 11.3. The van der Waals surface area contributed by atoms with E-state index in [1.54, 1.807) is 14.0 Å². The predicted octanol–water partition coefficient (Wildman–Crippen LogP) is 3.76. The molecule has 0 heterocycles. The summed E-state index contributed by atoms with van der Waals surface area (Å²) in [6, 6.07) is 7.16. The van der Waals surface area contributed by atoms with Crippen molar-refractivity contribution in [2.75, 3.05) is 86.3 Å². The highest BCUT2D eigenvalue weighted by Crippen LogP contribution is 2.30. The van der Waals surface area contributed by atoms with Crippen LogP contribution in [0.2, 0.25) is 0 Å². The molecule has 0 saturated carbocycles. The minimum atomic E-state index is -3.85. The Morgan fingerprint density at radius 1 is 0.750 bits per heavy atom. The second kappa shape index (κ2) is 21.0. The van der Waals surface area contributed by atoms with Gasteiger partial charge in [-0.2, -0.15) is 0 Å². The molecule has 2 aromatic rings. The highest BCUT2D eigenvalue weighted by molar-refractivity contribution is 7.89. The number of hydrogen-bond donors (Lipinski definition) is 1. The normalized spacial score (nSPS) is 12.1. The van der Waals surface area contributed by atoms with E-state index in [1.165, 1.54) is 37.3 Å². The summed E-state index contributed by atoms with van der Waals surface area (Å²) in [5.41, 5.74) is 0.513. The SMILES string of the molecule is COCCOCCOCCOCCOCCOCCNS(=O)(=O)c1ccc(Oc2c(F)cc(/C=C(\C)C(C)=O)cc2F)cc1. The quantitative estimate of drug-likeness (QED) is 0.133. The largest absolute Gasteiger partial charge is 0.451 e. The summed E-state index contributed by atoms with van der Waals surface area (Å²) < 4.78 is 93.5. The number of sulfonamides is 1. The zero-order valence-electron chi connectivity index (χ0n) is 25.3. The van der Waals surface area contributed by atoms with E-state index in [0.717, 1.165) is 12.1 Å². The maximum Gasteiger partial charge on any atom is 0.240 e. The molecule has 0 aliphatic carbocycles. The van der Waals surface area contributed by atoms with Crippen LogP contribution in [0.15, 0.2) is 46.9 Å². The fraction of sp³-hybridized carbons (Fsp3) is 0.500. The Hall–Kier alpha value is -2.82. The Balaban J connectivity index is 1.60. The van der Waals surface area contributed by atoms with Crippen molar-refractivity contribution in [3.8, 4) is 11.5 Å². The smallest absolute Gasteiger partial charge is 0.240 e. The fourth-order valence-corrected chi connectivity index (χ4v) is 4.39. The molecule has 0 atom stereocenters. The molecule has 1 N–H and O–H groups in total. The van der Waals surface area contributed by atoms with Crippen LogP contribution in [0.4, 0.5) is 8.78 Å². The van der Waals surface area contributed by atoms with Crippen molar-refractivity contribution < 1.29 is 55.2 Å². The van der Waals surface area contributed by atoms with Crippen molar-refractivity contribution in [3.05, 3.63) is 59.2 Å². The summed E-state index contributed by atoms with van der Waals surface area (Å²) in [7, 11) is -2.23. The van der Waals surface area contributed by atoms with Gasteiger partial charge in [0.1, 0.15) is 5.75 Å². The molecule has 14 heteroatoms. The lowest BCUT2D eigenvalue weighted by Crippen LogP contribution is -2.27. The number of carbonyl (C=O) groups excluding carboxylic acids is 1. The first-order chi connectivity index (χ1) is 21.1. The standard InChI is InChI=1S/C30H41F2NO10S/c1-23(24(2)34)20-25-21-28(31)30(29(32)22-25)43-26-4-6-27(7-5-26)44(35,36)33-8-9-38-12-13-40-16-17-42-19-18-41-15-14-39-11-10-37-3/h4-7,20-22,33H,8-19H2,1-3H3/b23-20+. The molecule has 246 valence electrons. The number of rotatable bonds is 24. The number of Topliss-reactive ketones (excluding diaryl/α,β-unsaturated/α-hetero) is 1. The average Bonchev–Trinajstić information content (AvgIpc) is 2.98. The van der Waals surface area contributed by atoms with Gasteiger partial charge in [0.05, 0.1) is 77.6 Å². The first-order valence-electron chi connectivity index (χ1n) is 14.0. The average molecular weight is 646 g/mol. The zero-order chi connectivity index (χ0) is 32.2. The van der Waals surface area contributed by atoms with Crippen LogP contribution in [0, 0.1) is 11.6 Å². The van der Waals surface area contributed by atoms with E-state index in [9.17, 15) is 22.0 Å². The Morgan fingerprint density at radius 3 is 1.66 bits per heavy atom. The zero-order valence-corrected chi connectivity index (χ0v) is 26.1. The number of carbonyl (C=O) groups is 1. The maximum atomic E-state index is 14.5. The molecule has 2 rings (SSSR count). The predicted molar refractivity (Wildman–Crippen MR) is 158 cm³/mol. The molecule has 11 nitrogen and oxygen atoms in total. The van der Waals surface area contributed by atoms with Crippen molar-refractivity contribution in [3.63, 3.8) is 0 Å². The third kappa shape index (κ3) is 14.8. The molecule has 0 bridgehead atoms. The molecule has 0 spiro atoms. The molecule has 0 fully saturated rings. The number of methoxy groups -OCH3 is 1. The number of hydrogen-bond acceptors (Lipinski definition) is 10. The van der Waals surface area contributed by atoms with E-state index >= 15 is 0 Å². The molecule has 44 heavy (non-hydrogen) atoms. The van der Waals surface area contributed by atoms with Gasteiger partial charge in [-0.3, -0.25) is 4.79 Å². The third-order valence-corrected chi connectivity index (χ3v) is 7.25. The molecular formula is C30H41F2NO10S. The van der Waals surface area contributed by atoms with E-state index in [0.29, 0.717) is 65.0 Å². The van der Waals surface area contributed by atoms with Gasteiger partial charge in [-0.05, 0) is 67.5 Å². The van der Waals surface area contributed by atoms with Crippen LogP contribution in [0.5, 0.6) is 11.5 Å². The molecule has 0 radical (unpaired) electrons. The maximum absolute atomic E-state index is 14.5. The van der Waals surface area contributed by atoms with E-state index in [4.69, 9.17) is 33.2 Å². The number of allylic oxidation sites excluding steroid dienone is 1. The van der Waals surface area contributed by atoms with Gasteiger partial charge >= 0.3 is 0 Å². The van der Waals surface area contributed by atoms with Crippen molar-refractivity contribution in [2.24, 2.45) is 0 Å².